The van der Waals surface area contributed by atoms with Gasteiger partial charge in [-0.2, -0.15) is 0 Å². The van der Waals surface area contributed by atoms with E-state index in [0.717, 1.165) is 16.7 Å². The van der Waals surface area contributed by atoms with E-state index in [4.69, 9.17) is 0 Å². The quantitative estimate of drug-likeness (QED) is 0.414. The highest BCUT2D eigenvalue weighted by Crippen LogP contribution is 2.28. The lowest BCUT2D eigenvalue weighted by Gasteiger charge is -2.32. The van der Waals surface area contributed by atoms with E-state index in [1.54, 1.807) is 43.3 Å². The molecule has 37 heavy (non-hydrogen) atoms. The maximum absolute atomic E-state index is 13.9. The minimum Gasteiger partial charge on any atom is -0.357 e. The van der Waals surface area contributed by atoms with Gasteiger partial charge in [0.15, 0.2) is 0 Å². The molecule has 0 aliphatic rings. The summed E-state index contributed by atoms with van der Waals surface area (Å²) >= 11 is 0. The van der Waals surface area contributed by atoms with Crippen molar-refractivity contribution in [2.24, 2.45) is 0 Å². The van der Waals surface area contributed by atoms with E-state index in [9.17, 15) is 18.0 Å². The Labute approximate surface area is 220 Å². The summed E-state index contributed by atoms with van der Waals surface area (Å²) in [5, 5.41) is 2.60. The molecule has 7 nitrogen and oxygen atoms in total. The summed E-state index contributed by atoms with van der Waals surface area (Å²) < 4.78 is 28.9. The molecule has 1 unspecified atom stereocenters. The SMILES string of the molecule is CCc1ccccc1N(CC(=O)N(CCc1ccccc1)C(C)C(=O)NC)S(=O)(=O)c1ccc(C)cc1. The summed E-state index contributed by atoms with van der Waals surface area (Å²) in [4.78, 5) is 27.9. The molecule has 0 aliphatic carbocycles. The minimum absolute atomic E-state index is 0.104. The van der Waals surface area contributed by atoms with Gasteiger partial charge in [-0.1, -0.05) is 73.2 Å². The van der Waals surface area contributed by atoms with Crippen LogP contribution in [0.1, 0.15) is 30.5 Å². The van der Waals surface area contributed by atoms with Crippen LogP contribution < -0.4 is 9.62 Å². The van der Waals surface area contributed by atoms with Gasteiger partial charge in [-0.25, -0.2) is 8.42 Å². The van der Waals surface area contributed by atoms with Crippen molar-refractivity contribution >= 4 is 27.5 Å². The van der Waals surface area contributed by atoms with Crippen LogP contribution in [0.2, 0.25) is 0 Å². The van der Waals surface area contributed by atoms with Crippen LogP contribution in [0, 0.1) is 6.92 Å². The van der Waals surface area contributed by atoms with E-state index in [1.165, 1.54) is 16.3 Å². The van der Waals surface area contributed by atoms with Gasteiger partial charge in [-0.3, -0.25) is 13.9 Å². The Morgan fingerprint density at radius 1 is 0.919 bits per heavy atom. The van der Waals surface area contributed by atoms with Gasteiger partial charge in [0.25, 0.3) is 10.0 Å². The van der Waals surface area contributed by atoms with E-state index >= 15 is 0 Å². The molecule has 8 heteroatoms. The predicted molar refractivity (Wildman–Crippen MR) is 147 cm³/mol. The molecule has 0 saturated carbocycles. The first-order chi connectivity index (χ1) is 17.7. The summed E-state index contributed by atoms with van der Waals surface area (Å²) in [5.41, 5.74) is 3.21. The summed E-state index contributed by atoms with van der Waals surface area (Å²) in [6.45, 7) is 5.32. The average Bonchev–Trinajstić information content (AvgIpc) is 2.91. The molecule has 196 valence electrons. The molecule has 0 saturated heterocycles. The molecule has 1 atom stereocenters. The van der Waals surface area contributed by atoms with Crippen molar-refractivity contribution in [1.29, 1.82) is 0 Å². The number of nitrogens with zero attached hydrogens (tertiary/aromatic N) is 2. The van der Waals surface area contributed by atoms with Gasteiger partial charge in [0.2, 0.25) is 11.8 Å². The standard InChI is InChI=1S/C29H35N3O4S/c1-5-25-13-9-10-14-27(25)32(37(35,36)26-17-15-22(2)16-18-26)21-28(33)31(23(3)29(34)30-4)20-19-24-11-7-6-8-12-24/h6-18,23H,5,19-21H2,1-4H3,(H,30,34). The molecule has 3 aromatic rings. The van der Waals surface area contributed by atoms with E-state index < -0.39 is 28.5 Å². The first-order valence-electron chi connectivity index (χ1n) is 12.4. The van der Waals surface area contributed by atoms with Crippen LogP contribution in [-0.2, 0) is 32.5 Å². The number of hydrogen-bond acceptors (Lipinski definition) is 4. The van der Waals surface area contributed by atoms with Crippen molar-refractivity contribution in [3.05, 3.63) is 95.6 Å². The van der Waals surface area contributed by atoms with Crippen LogP contribution >= 0.6 is 0 Å². The molecule has 1 N–H and O–H groups in total. The fraction of sp³-hybridized carbons (Fsp3) is 0.310. The van der Waals surface area contributed by atoms with Gasteiger partial charge in [0.05, 0.1) is 10.6 Å². The third-order valence-corrected chi connectivity index (χ3v) is 8.20. The van der Waals surface area contributed by atoms with E-state index in [-0.39, 0.29) is 17.3 Å². The number of para-hydroxylation sites is 1. The maximum atomic E-state index is 13.9. The summed E-state index contributed by atoms with van der Waals surface area (Å²) in [6.07, 6.45) is 1.13. The first kappa shape index (κ1) is 27.9. The van der Waals surface area contributed by atoms with Crippen molar-refractivity contribution < 1.29 is 18.0 Å². The summed E-state index contributed by atoms with van der Waals surface area (Å²) in [6, 6.07) is 22.7. The van der Waals surface area contributed by atoms with E-state index in [2.05, 4.69) is 5.32 Å². The number of sulfonamides is 1. The van der Waals surface area contributed by atoms with Gasteiger partial charge in [-0.15, -0.1) is 0 Å². The molecule has 0 fully saturated rings. The molecule has 0 spiro atoms. The second-order valence-electron chi connectivity index (χ2n) is 8.92. The van der Waals surface area contributed by atoms with Crippen molar-refractivity contribution in [2.75, 3.05) is 24.4 Å². The zero-order valence-corrected chi connectivity index (χ0v) is 22.7. The average molecular weight is 522 g/mol. The second kappa shape index (κ2) is 12.5. The van der Waals surface area contributed by atoms with Crippen LogP contribution in [0.4, 0.5) is 5.69 Å². The number of carbonyl (C=O) groups is 2. The zero-order valence-electron chi connectivity index (χ0n) is 21.8. The number of aryl methyl sites for hydroxylation is 2. The fourth-order valence-electron chi connectivity index (χ4n) is 4.18. The number of amides is 2. The van der Waals surface area contributed by atoms with E-state index in [1.807, 2.05) is 56.3 Å². The van der Waals surface area contributed by atoms with Crippen LogP contribution in [-0.4, -0.2) is 51.3 Å². The normalized spacial score (nSPS) is 12.0. The lowest BCUT2D eigenvalue weighted by molar-refractivity contribution is -0.138. The van der Waals surface area contributed by atoms with E-state index in [0.29, 0.717) is 18.5 Å². The molecule has 3 rings (SSSR count). The van der Waals surface area contributed by atoms with Gasteiger partial charge in [-0.05, 0) is 56.0 Å². The number of carbonyl (C=O) groups excluding carboxylic acids is 2. The second-order valence-corrected chi connectivity index (χ2v) is 10.8. The Bertz CT molecular complexity index is 1310. The Kier molecular flexibility index (Phi) is 9.47. The molecule has 0 aliphatic heterocycles. The molecule has 0 heterocycles. The Morgan fingerprint density at radius 3 is 2.16 bits per heavy atom. The highest BCUT2D eigenvalue weighted by molar-refractivity contribution is 7.92. The number of rotatable bonds is 11. The molecular formula is C29H35N3O4S. The number of anilines is 1. The molecule has 0 bridgehead atoms. The Morgan fingerprint density at radius 2 is 1.54 bits per heavy atom. The van der Waals surface area contributed by atoms with Crippen molar-refractivity contribution in [2.45, 2.75) is 44.6 Å². The topological polar surface area (TPSA) is 86.8 Å². The molecule has 0 aromatic heterocycles. The molecule has 3 aromatic carbocycles. The predicted octanol–water partition coefficient (Wildman–Crippen LogP) is 3.96. The fourth-order valence-corrected chi connectivity index (χ4v) is 5.63. The maximum Gasteiger partial charge on any atom is 0.264 e. The van der Waals surface area contributed by atoms with Crippen molar-refractivity contribution in [1.82, 2.24) is 10.2 Å². The van der Waals surface area contributed by atoms with Crippen LogP contribution in [0.25, 0.3) is 0 Å². The third kappa shape index (κ3) is 6.77. The highest BCUT2D eigenvalue weighted by atomic mass is 32.2. The van der Waals surface area contributed by atoms with Crippen molar-refractivity contribution in [3.8, 4) is 0 Å². The Balaban J connectivity index is 2.01. The molecule has 2 amide bonds. The Hall–Kier alpha value is -3.65. The number of benzene rings is 3. The highest BCUT2D eigenvalue weighted by Gasteiger charge is 2.32. The summed E-state index contributed by atoms with van der Waals surface area (Å²) in [7, 11) is -2.55. The lowest BCUT2D eigenvalue weighted by atomic mass is 10.1. The van der Waals surface area contributed by atoms with Crippen LogP contribution in [0.15, 0.2) is 83.8 Å². The zero-order chi connectivity index (χ0) is 27.0. The van der Waals surface area contributed by atoms with Crippen LogP contribution in [0.3, 0.4) is 0 Å². The first-order valence-corrected chi connectivity index (χ1v) is 13.8. The van der Waals surface area contributed by atoms with Crippen LogP contribution in [0.5, 0.6) is 0 Å². The van der Waals surface area contributed by atoms with Gasteiger partial charge >= 0.3 is 0 Å². The minimum atomic E-state index is -4.07. The van der Waals surface area contributed by atoms with Crippen molar-refractivity contribution in [3.63, 3.8) is 0 Å². The number of hydrogen-bond donors (Lipinski definition) is 1. The monoisotopic (exact) mass is 521 g/mol. The van der Waals surface area contributed by atoms with Gasteiger partial charge < -0.3 is 10.2 Å². The number of nitrogens with one attached hydrogen (secondary N) is 1. The summed E-state index contributed by atoms with van der Waals surface area (Å²) in [5.74, 6) is -0.767. The lowest BCUT2D eigenvalue weighted by Crippen LogP contribution is -2.51. The molecular weight excluding hydrogens is 486 g/mol. The largest absolute Gasteiger partial charge is 0.357 e. The third-order valence-electron chi connectivity index (χ3n) is 6.43. The van der Waals surface area contributed by atoms with Gasteiger partial charge in [0, 0.05) is 13.6 Å². The molecule has 0 radical (unpaired) electrons. The number of likely N-dealkylation sites (N-methyl/N-ethyl adjacent to an activating group) is 1. The smallest absolute Gasteiger partial charge is 0.264 e. The van der Waals surface area contributed by atoms with Gasteiger partial charge in [0.1, 0.15) is 12.6 Å².